The Morgan fingerprint density at radius 1 is 1.48 bits per heavy atom. The van der Waals surface area contributed by atoms with Crippen LogP contribution in [0.5, 0.6) is 0 Å². The summed E-state index contributed by atoms with van der Waals surface area (Å²) in [5.41, 5.74) is 0.381. The van der Waals surface area contributed by atoms with Crippen molar-refractivity contribution < 1.29 is 4.74 Å². The van der Waals surface area contributed by atoms with Crippen LogP contribution in [0.1, 0.15) is 39.3 Å². The third-order valence-electron chi connectivity index (χ3n) is 3.80. The number of aromatic nitrogens is 1. The number of pyridine rings is 1. The van der Waals surface area contributed by atoms with E-state index in [-0.39, 0.29) is 17.2 Å². The van der Waals surface area contributed by atoms with Gasteiger partial charge < -0.3 is 10.1 Å². The number of anilines is 1. The summed E-state index contributed by atoms with van der Waals surface area (Å²) in [4.78, 5) is 4.22. The summed E-state index contributed by atoms with van der Waals surface area (Å²) in [5, 5.41) is 12.7. The van der Waals surface area contributed by atoms with Crippen LogP contribution < -0.4 is 5.32 Å². The monoisotopic (exact) mass is 307 g/mol. The topological polar surface area (TPSA) is 57.9 Å². The normalized spacial score (nSPS) is 22.6. The fraction of sp³-hybridized carbons (Fsp3) is 0.625. The van der Waals surface area contributed by atoms with Gasteiger partial charge in [0.25, 0.3) is 0 Å². The van der Waals surface area contributed by atoms with Crippen molar-refractivity contribution in [2.24, 2.45) is 11.3 Å². The highest BCUT2D eigenvalue weighted by atomic mass is 35.5. The van der Waals surface area contributed by atoms with E-state index in [0.29, 0.717) is 16.8 Å². The van der Waals surface area contributed by atoms with Crippen LogP contribution in [-0.4, -0.2) is 24.2 Å². The maximum atomic E-state index is 8.96. The molecule has 1 aliphatic rings. The molecule has 1 aliphatic heterocycles. The minimum absolute atomic E-state index is 0.123. The van der Waals surface area contributed by atoms with Gasteiger partial charge in [-0.25, -0.2) is 4.98 Å². The number of nitrogens with zero attached hydrogens (tertiary/aromatic N) is 2. The Labute approximate surface area is 131 Å². The predicted octanol–water partition coefficient (Wildman–Crippen LogP) is 3.86. The van der Waals surface area contributed by atoms with Gasteiger partial charge in [0.05, 0.1) is 11.1 Å². The number of ether oxygens (including phenoxy) is 1. The van der Waals surface area contributed by atoms with Crippen LogP contribution in [0, 0.1) is 22.7 Å². The second-order valence-corrected chi connectivity index (χ2v) is 6.99. The van der Waals surface area contributed by atoms with Crippen molar-refractivity contribution in [3.63, 3.8) is 0 Å². The molecule has 1 N–H and O–H groups in total. The first-order valence-corrected chi connectivity index (χ1v) is 7.71. The van der Waals surface area contributed by atoms with Crippen LogP contribution in [0.25, 0.3) is 0 Å². The molecule has 2 atom stereocenters. The third kappa shape index (κ3) is 4.09. The quantitative estimate of drug-likeness (QED) is 0.921. The van der Waals surface area contributed by atoms with E-state index in [4.69, 9.17) is 21.6 Å². The molecule has 114 valence electrons. The Morgan fingerprint density at radius 2 is 2.24 bits per heavy atom. The van der Waals surface area contributed by atoms with E-state index < -0.39 is 0 Å². The van der Waals surface area contributed by atoms with Gasteiger partial charge in [0.1, 0.15) is 11.9 Å². The molecule has 0 spiro atoms. The molecular weight excluding hydrogens is 286 g/mol. The van der Waals surface area contributed by atoms with Gasteiger partial charge in [-0.1, -0.05) is 32.4 Å². The maximum Gasteiger partial charge on any atom is 0.161 e. The summed E-state index contributed by atoms with van der Waals surface area (Å²) in [6.07, 6.45) is 2.48. The van der Waals surface area contributed by atoms with Crippen LogP contribution in [0.4, 0.5) is 5.82 Å². The lowest BCUT2D eigenvalue weighted by molar-refractivity contribution is -0.0814. The standard InChI is InChI=1S/C16H22ClN3O/c1-16(2,3)15-11(5-4-8-21-15)10-19-14-7-6-12(17)13(9-18)20-14/h6-7,11,15H,4-5,8,10H2,1-3H3,(H,19,20). The first-order chi connectivity index (χ1) is 9.91. The molecule has 0 aliphatic carbocycles. The van der Waals surface area contributed by atoms with E-state index in [9.17, 15) is 0 Å². The van der Waals surface area contributed by atoms with Crippen molar-refractivity contribution >= 4 is 17.4 Å². The van der Waals surface area contributed by atoms with Crippen molar-refractivity contribution in [2.75, 3.05) is 18.5 Å². The van der Waals surface area contributed by atoms with E-state index in [1.165, 1.54) is 0 Å². The molecule has 1 fully saturated rings. The first kappa shape index (κ1) is 16.1. The molecule has 1 aromatic rings. The van der Waals surface area contributed by atoms with E-state index >= 15 is 0 Å². The highest BCUT2D eigenvalue weighted by molar-refractivity contribution is 6.31. The van der Waals surface area contributed by atoms with E-state index in [2.05, 4.69) is 31.1 Å². The lowest BCUT2D eigenvalue weighted by Crippen LogP contribution is -2.42. The fourth-order valence-electron chi connectivity index (χ4n) is 2.86. The lowest BCUT2D eigenvalue weighted by Gasteiger charge is -2.40. The molecule has 21 heavy (non-hydrogen) atoms. The molecule has 1 aromatic heterocycles. The average Bonchev–Trinajstić information content (AvgIpc) is 2.45. The van der Waals surface area contributed by atoms with Crippen molar-refractivity contribution in [1.29, 1.82) is 5.26 Å². The van der Waals surface area contributed by atoms with E-state index in [0.717, 1.165) is 26.0 Å². The zero-order valence-corrected chi connectivity index (χ0v) is 13.6. The smallest absolute Gasteiger partial charge is 0.161 e. The Hall–Kier alpha value is -1.31. The fourth-order valence-corrected chi connectivity index (χ4v) is 3.01. The summed E-state index contributed by atoms with van der Waals surface area (Å²) in [7, 11) is 0. The summed E-state index contributed by atoms with van der Waals surface area (Å²) < 4.78 is 5.97. The summed E-state index contributed by atoms with van der Waals surface area (Å²) in [6.45, 7) is 8.27. The summed E-state index contributed by atoms with van der Waals surface area (Å²) >= 11 is 5.90. The highest BCUT2D eigenvalue weighted by Gasteiger charge is 2.35. The number of rotatable bonds is 3. The Kier molecular flexibility index (Phi) is 5.08. The minimum atomic E-state index is 0.123. The number of nitriles is 1. The second kappa shape index (κ2) is 6.64. The summed E-state index contributed by atoms with van der Waals surface area (Å²) in [5.74, 6) is 1.14. The van der Waals surface area contributed by atoms with E-state index in [1.807, 2.05) is 6.07 Å². The number of halogens is 1. The highest BCUT2D eigenvalue weighted by Crippen LogP contribution is 2.34. The zero-order valence-electron chi connectivity index (χ0n) is 12.8. The van der Waals surface area contributed by atoms with Crippen LogP contribution >= 0.6 is 11.6 Å². The van der Waals surface area contributed by atoms with Gasteiger partial charge in [0, 0.05) is 19.1 Å². The van der Waals surface area contributed by atoms with Crippen LogP contribution in [0.15, 0.2) is 12.1 Å². The van der Waals surface area contributed by atoms with Crippen LogP contribution in [0.3, 0.4) is 0 Å². The molecule has 0 aromatic carbocycles. The predicted molar refractivity (Wildman–Crippen MR) is 84.4 cm³/mol. The molecule has 4 nitrogen and oxygen atoms in total. The zero-order chi connectivity index (χ0) is 15.5. The van der Waals surface area contributed by atoms with Gasteiger partial charge in [0.2, 0.25) is 0 Å². The Bertz CT molecular complexity index is 533. The molecule has 1 saturated heterocycles. The van der Waals surface area contributed by atoms with Crippen molar-refractivity contribution in [1.82, 2.24) is 4.98 Å². The molecule has 2 rings (SSSR count). The van der Waals surface area contributed by atoms with Crippen molar-refractivity contribution in [3.05, 3.63) is 22.8 Å². The van der Waals surface area contributed by atoms with Crippen LogP contribution in [0.2, 0.25) is 5.02 Å². The van der Waals surface area contributed by atoms with E-state index in [1.54, 1.807) is 12.1 Å². The number of hydrogen-bond donors (Lipinski definition) is 1. The van der Waals surface area contributed by atoms with Gasteiger partial charge in [-0.3, -0.25) is 0 Å². The Balaban J connectivity index is 2.03. The molecule has 0 saturated carbocycles. The van der Waals surface area contributed by atoms with Gasteiger partial charge in [-0.2, -0.15) is 5.26 Å². The minimum Gasteiger partial charge on any atom is -0.377 e. The third-order valence-corrected chi connectivity index (χ3v) is 4.10. The molecule has 0 radical (unpaired) electrons. The maximum absolute atomic E-state index is 8.96. The number of hydrogen-bond acceptors (Lipinski definition) is 4. The molecule has 0 bridgehead atoms. The number of nitrogens with one attached hydrogen (secondary N) is 1. The average molecular weight is 308 g/mol. The molecule has 5 heteroatoms. The van der Waals surface area contributed by atoms with Gasteiger partial charge >= 0.3 is 0 Å². The van der Waals surface area contributed by atoms with Gasteiger partial charge in [-0.05, 0) is 30.4 Å². The lowest BCUT2D eigenvalue weighted by atomic mass is 9.78. The van der Waals surface area contributed by atoms with Gasteiger partial charge in [0.15, 0.2) is 5.69 Å². The molecule has 2 heterocycles. The second-order valence-electron chi connectivity index (χ2n) is 6.58. The largest absolute Gasteiger partial charge is 0.377 e. The summed E-state index contributed by atoms with van der Waals surface area (Å²) in [6, 6.07) is 5.51. The first-order valence-electron chi connectivity index (χ1n) is 7.34. The van der Waals surface area contributed by atoms with Crippen LogP contribution in [-0.2, 0) is 4.74 Å². The van der Waals surface area contributed by atoms with Crippen molar-refractivity contribution in [2.45, 2.75) is 39.7 Å². The SMILES string of the molecule is CC(C)(C)C1OCCCC1CNc1ccc(Cl)c(C#N)n1. The van der Waals surface area contributed by atoms with Crippen molar-refractivity contribution in [3.8, 4) is 6.07 Å². The molecule has 0 amide bonds. The molecular formula is C16H22ClN3O. The Morgan fingerprint density at radius 3 is 2.90 bits per heavy atom. The van der Waals surface area contributed by atoms with Gasteiger partial charge in [-0.15, -0.1) is 0 Å². The molecule has 2 unspecified atom stereocenters.